The van der Waals surface area contributed by atoms with Gasteiger partial charge >= 0.3 is 0 Å². The minimum atomic E-state index is 1.20. The van der Waals surface area contributed by atoms with Crippen molar-refractivity contribution in [1.82, 2.24) is 0 Å². The van der Waals surface area contributed by atoms with Crippen LogP contribution in [-0.4, -0.2) is 0 Å². The van der Waals surface area contributed by atoms with Crippen molar-refractivity contribution in [2.24, 2.45) is 0 Å². The molecule has 0 heteroatoms. The number of rotatable bonds is 16. The maximum Gasteiger partial charge on any atom is -0.0149 e. The molecule has 0 N–H and O–H groups in total. The quantitative estimate of drug-likeness (QED) is 0.213. The SMILES string of the molecule is CCCCCCCC/C=C\CCCCCCCCc1[c]cccc1. The highest BCUT2D eigenvalue weighted by atomic mass is 14.0. The molecule has 0 aliphatic carbocycles. The van der Waals surface area contributed by atoms with E-state index in [1.807, 2.05) is 12.1 Å². The molecular formula is C24H39. The van der Waals surface area contributed by atoms with Crippen LogP contribution in [0.2, 0.25) is 0 Å². The van der Waals surface area contributed by atoms with Crippen molar-refractivity contribution in [1.29, 1.82) is 0 Å². The first-order chi connectivity index (χ1) is 11.9. The highest BCUT2D eigenvalue weighted by Gasteiger charge is 1.94. The average Bonchev–Trinajstić information content (AvgIpc) is 2.62. The van der Waals surface area contributed by atoms with Crippen LogP contribution in [0.25, 0.3) is 0 Å². The third-order valence-electron chi connectivity index (χ3n) is 4.73. The van der Waals surface area contributed by atoms with Crippen LogP contribution in [0.3, 0.4) is 0 Å². The minimum Gasteiger partial charge on any atom is -0.0885 e. The maximum atomic E-state index is 3.31. The third kappa shape index (κ3) is 13.4. The van der Waals surface area contributed by atoms with Crippen molar-refractivity contribution >= 4 is 0 Å². The molecule has 0 amide bonds. The van der Waals surface area contributed by atoms with Gasteiger partial charge < -0.3 is 0 Å². The number of hydrogen-bond donors (Lipinski definition) is 0. The molecule has 0 bridgehead atoms. The lowest BCUT2D eigenvalue weighted by molar-refractivity contribution is 0.595. The first kappa shape index (κ1) is 21.0. The smallest absolute Gasteiger partial charge is 0.0149 e. The van der Waals surface area contributed by atoms with Crippen molar-refractivity contribution in [2.75, 3.05) is 0 Å². The molecule has 0 saturated heterocycles. The Kier molecular flexibility index (Phi) is 14.7. The minimum absolute atomic E-state index is 1.20. The van der Waals surface area contributed by atoms with Crippen LogP contribution in [0.1, 0.15) is 102 Å². The molecule has 24 heavy (non-hydrogen) atoms. The summed E-state index contributed by atoms with van der Waals surface area (Å²) in [4.78, 5) is 0. The number of allylic oxidation sites excluding steroid dienone is 2. The van der Waals surface area contributed by atoms with E-state index in [2.05, 4.69) is 37.3 Å². The van der Waals surface area contributed by atoms with E-state index in [-0.39, 0.29) is 0 Å². The number of benzene rings is 1. The standard InChI is InChI=1S/C24H39/c1-2-3-4-5-6-7-8-9-10-11-12-13-14-15-16-18-21-24-22-19-17-20-23-24/h9-10,17,19-20,22H,2-8,11-16,18,21H2,1H3/b10-9-. The summed E-state index contributed by atoms with van der Waals surface area (Å²) in [6.07, 6.45) is 25.3. The lowest BCUT2D eigenvalue weighted by Gasteiger charge is -2.02. The second kappa shape index (κ2) is 16.8. The van der Waals surface area contributed by atoms with Gasteiger partial charge in [-0.3, -0.25) is 0 Å². The molecule has 135 valence electrons. The summed E-state index contributed by atoms with van der Waals surface area (Å²) in [5, 5.41) is 0. The predicted molar refractivity (Wildman–Crippen MR) is 108 cm³/mol. The lowest BCUT2D eigenvalue weighted by atomic mass is 10.0. The van der Waals surface area contributed by atoms with Gasteiger partial charge in [0.2, 0.25) is 0 Å². The van der Waals surface area contributed by atoms with Crippen molar-refractivity contribution in [3.63, 3.8) is 0 Å². The maximum absolute atomic E-state index is 3.31. The Morgan fingerprint density at radius 2 is 1.29 bits per heavy atom. The molecule has 1 radical (unpaired) electrons. The monoisotopic (exact) mass is 327 g/mol. The highest BCUT2D eigenvalue weighted by molar-refractivity contribution is 5.12. The highest BCUT2D eigenvalue weighted by Crippen LogP contribution is 2.11. The van der Waals surface area contributed by atoms with Gasteiger partial charge in [0.25, 0.3) is 0 Å². The normalized spacial score (nSPS) is 11.4. The first-order valence-electron chi connectivity index (χ1n) is 10.5. The first-order valence-corrected chi connectivity index (χ1v) is 10.5. The zero-order valence-electron chi connectivity index (χ0n) is 16.1. The van der Waals surface area contributed by atoms with Gasteiger partial charge in [-0.05, 0) is 50.2 Å². The molecule has 0 heterocycles. The Labute approximate surface area is 151 Å². The molecule has 0 spiro atoms. The van der Waals surface area contributed by atoms with Crippen LogP contribution in [0.15, 0.2) is 36.4 Å². The fourth-order valence-electron chi connectivity index (χ4n) is 3.15. The Balaban J connectivity index is 1.76. The molecule has 1 rings (SSSR count). The Morgan fingerprint density at radius 1 is 0.708 bits per heavy atom. The van der Waals surface area contributed by atoms with E-state index in [1.54, 1.807) is 0 Å². The molecule has 0 aromatic heterocycles. The lowest BCUT2D eigenvalue weighted by Crippen LogP contribution is -1.86. The van der Waals surface area contributed by atoms with Gasteiger partial charge in [-0.25, -0.2) is 0 Å². The molecule has 0 fully saturated rings. The van der Waals surface area contributed by atoms with Crippen LogP contribution < -0.4 is 0 Å². The molecule has 1 aromatic rings. The fourth-order valence-corrected chi connectivity index (χ4v) is 3.15. The number of unbranched alkanes of at least 4 members (excludes halogenated alkanes) is 12. The third-order valence-corrected chi connectivity index (χ3v) is 4.73. The van der Waals surface area contributed by atoms with Gasteiger partial charge in [0.1, 0.15) is 0 Å². The van der Waals surface area contributed by atoms with Gasteiger partial charge in [0.15, 0.2) is 0 Å². The summed E-state index contributed by atoms with van der Waals surface area (Å²) in [6.45, 7) is 2.28. The summed E-state index contributed by atoms with van der Waals surface area (Å²) in [5.41, 5.74) is 1.37. The molecule has 0 atom stereocenters. The van der Waals surface area contributed by atoms with Gasteiger partial charge in [0, 0.05) is 0 Å². The molecule has 1 aromatic carbocycles. The molecule has 0 aliphatic rings. The summed E-state index contributed by atoms with van der Waals surface area (Å²) in [6, 6.07) is 11.7. The summed E-state index contributed by atoms with van der Waals surface area (Å²) < 4.78 is 0. The van der Waals surface area contributed by atoms with Crippen LogP contribution in [0.4, 0.5) is 0 Å². The topological polar surface area (TPSA) is 0 Å². The van der Waals surface area contributed by atoms with Crippen LogP contribution in [0, 0.1) is 6.07 Å². The van der Waals surface area contributed by atoms with E-state index in [0.717, 1.165) is 0 Å². The van der Waals surface area contributed by atoms with Crippen LogP contribution in [-0.2, 0) is 6.42 Å². The number of hydrogen-bond acceptors (Lipinski definition) is 0. The zero-order chi connectivity index (χ0) is 17.1. The number of aryl methyl sites for hydroxylation is 1. The van der Waals surface area contributed by atoms with E-state index in [4.69, 9.17) is 0 Å². The van der Waals surface area contributed by atoms with Gasteiger partial charge in [-0.15, -0.1) is 0 Å². The summed E-state index contributed by atoms with van der Waals surface area (Å²) in [7, 11) is 0. The Hall–Kier alpha value is -1.04. The van der Waals surface area contributed by atoms with Crippen LogP contribution >= 0.6 is 0 Å². The van der Waals surface area contributed by atoms with Crippen molar-refractivity contribution < 1.29 is 0 Å². The van der Waals surface area contributed by atoms with Crippen molar-refractivity contribution in [2.45, 2.75) is 103 Å². The molecule has 0 aliphatic heterocycles. The van der Waals surface area contributed by atoms with Gasteiger partial charge in [-0.2, -0.15) is 0 Å². The molecule has 0 unspecified atom stereocenters. The summed E-state index contributed by atoms with van der Waals surface area (Å²) in [5.74, 6) is 0. The van der Waals surface area contributed by atoms with Gasteiger partial charge in [0.05, 0.1) is 0 Å². The van der Waals surface area contributed by atoms with Crippen LogP contribution in [0.5, 0.6) is 0 Å². The predicted octanol–water partition coefficient (Wildman–Crippen LogP) is 8.07. The second-order valence-corrected chi connectivity index (χ2v) is 7.08. The average molecular weight is 328 g/mol. The second-order valence-electron chi connectivity index (χ2n) is 7.08. The zero-order valence-corrected chi connectivity index (χ0v) is 16.1. The van der Waals surface area contributed by atoms with E-state index in [9.17, 15) is 0 Å². The van der Waals surface area contributed by atoms with E-state index >= 15 is 0 Å². The molecule has 0 saturated carbocycles. The Bertz CT molecular complexity index is 376. The van der Waals surface area contributed by atoms with Crippen molar-refractivity contribution in [3.05, 3.63) is 48.0 Å². The fraction of sp³-hybridized carbons (Fsp3) is 0.667. The van der Waals surface area contributed by atoms with Crippen molar-refractivity contribution in [3.8, 4) is 0 Å². The van der Waals surface area contributed by atoms with E-state index in [0.29, 0.717) is 0 Å². The van der Waals surface area contributed by atoms with E-state index < -0.39 is 0 Å². The van der Waals surface area contributed by atoms with Gasteiger partial charge in [-0.1, -0.05) is 101 Å². The summed E-state index contributed by atoms with van der Waals surface area (Å²) >= 11 is 0. The van der Waals surface area contributed by atoms with E-state index in [1.165, 1.54) is 102 Å². The largest absolute Gasteiger partial charge is 0.0885 e. The molecule has 0 nitrogen and oxygen atoms in total. The Morgan fingerprint density at radius 3 is 1.88 bits per heavy atom. The molecular weight excluding hydrogens is 288 g/mol.